The van der Waals surface area contributed by atoms with Crippen molar-refractivity contribution in [1.29, 1.82) is 0 Å². The molecule has 0 saturated heterocycles. The SMILES string of the molecule is O=C(Cl)c1cccc(C(F)(F)F)c1.O=[N+]([O-])c1ccc2oc(-c3cccc(C(F)(F)F)c3)nc2c1. The molecule has 1 heterocycles. The molecule has 0 saturated carbocycles. The van der Waals surface area contributed by atoms with Gasteiger partial charge in [0.05, 0.1) is 16.1 Å². The molecule has 0 aliphatic heterocycles. The van der Waals surface area contributed by atoms with Crippen LogP contribution in [0.2, 0.25) is 0 Å². The molecule has 0 aliphatic rings. The summed E-state index contributed by atoms with van der Waals surface area (Å²) >= 11 is 5.02. The van der Waals surface area contributed by atoms with Crippen molar-refractivity contribution in [2.45, 2.75) is 12.4 Å². The van der Waals surface area contributed by atoms with Crippen LogP contribution in [0, 0.1) is 10.1 Å². The first-order valence-corrected chi connectivity index (χ1v) is 9.73. The number of nitrogens with zero attached hydrogens (tertiary/aromatic N) is 2. The second-order valence-electron chi connectivity index (χ2n) is 6.86. The normalized spacial score (nSPS) is 11.6. The first-order valence-electron chi connectivity index (χ1n) is 9.35. The maximum absolute atomic E-state index is 12.7. The van der Waals surface area contributed by atoms with Gasteiger partial charge in [0, 0.05) is 23.3 Å². The molecule has 0 aliphatic carbocycles. The van der Waals surface area contributed by atoms with Crippen molar-refractivity contribution in [1.82, 2.24) is 4.98 Å². The minimum absolute atomic E-state index is 0.0263. The number of non-ortho nitro benzene ring substituents is 1. The Morgan fingerprint density at radius 3 is 2.06 bits per heavy atom. The summed E-state index contributed by atoms with van der Waals surface area (Å²) in [6.07, 6.45) is -8.91. The summed E-state index contributed by atoms with van der Waals surface area (Å²) in [7, 11) is 0. The highest BCUT2D eigenvalue weighted by Gasteiger charge is 2.31. The Balaban J connectivity index is 0.000000225. The smallest absolute Gasteiger partial charge is 0.416 e. The molecule has 0 bridgehead atoms. The molecule has 4 aromatic rings. The van der Waals surface area contributed by atoms with Crippen LogP contribution in [0.5, 0.6) is 0 Å². The number of hydrogen-bond acceptors (Lipinski definition) is 5. The molecule has 0 unspecified atom stereocenters. The number of rotatable bonds is 3. The molecular formula is C22H11ClF6N2O4. The van der Waals surface area contributed by atoms with Crippen molar-refractivity contribution in [3.05, 3.63) is 93.5 Å². The average molecular weight is 517 g/mol. The Morgan fingerprint density at radius 1 is 0.886 bits per heavy atom. The van der Waals surface area contributed by atoms with Crippen molar-refractivity contribution < 1.29 is 40.5 Å². The molecular weight excluding hydrogens is 506 g/mol. The van der Waals surface area contributed by atoms with Crippen LogP contribution in [-0.2, 0) is 12.4 Å². The topological polar surface area (TPSA) is 86.2 Å². The summed E-state index contributed by atoms with van der Waals surface area (Å²) in [6, 6.07) is 12.3. The lowest BCUT2D eigenvalue weighted by atomic mass is 10.1. The molecule has 1 aromatic heterocycles. The van der Waals surface area contributed by atoms with Crippen molar-refractivity contribution in [2.24, 2.45) is 0 Å². The van der Waals surface area contributed by atoms with Gasteiger partial charge < -0.3 is 4.42 Å². The van der Waals surface area contributed by atoms with E-state index in [-0.39, 0.29) is 33.8 Å². The quantitative estimate of drug-likeness (QED) is 0.122. The highest BCUT2D eigenvalue weighted by atomic mass is 35.5. The second-order valence-corrected chi connectivity index (χ2v) is 7.20. The fourth-order valence-corrected chi connectivity index (χ4v) is 2.92. The number of hydrogen-bond donors (Lipinski definition) is 0. The van der Waals surface area contributed by atoms with Gasteiger partial charge in [0.2, 0.25) is 5.89 Å². The number of nitro benzene ring substituents is 1. The zero-order valence-corrected chi connectivity index (χ0v) is 17.8. The van der Waals surface area contributed by atoms with Gasteiger partial charge in [0.25, 0.3) is 10.9 Å². The van der Waals surface area contributed by atoms with Gasteiger partial charge in [-0.3, -0.25) is 14.9 Å². The largest absolute Gasteiger partial charge is 0.436 e. The number of carbonyl (C=O) groups is 1. The van der Waals surface area contributed by atoms with Gasteiger partial charge in [-0.25, -0.2) is 4.98 Å². The number of nitro groups is 1. The fraction of sp³-hybridized carbons (Fsp3) is 0.0909. The minimum atomic E-state index is -4.47. The standard InChI is InChI=1S/C14H7F3N2O3.C8H4ClF3O/c15-14(16,17)9-3-1-2-8(6-9)13-18-11-7-10(19(20)21)4-5-12(11)22-13;9-7(13)5-2-1-3-6(4-5)8(10,11)12/h1-7H;1-4H. The predicted molar refractivity (Wildman–Crippen MR) is 113 cm³/mol. The van der Waals surface area contributed by atoms with Gasteiger partial charge in [-0.2, -0.15) is 26.3 Å². The molecule has 0 atom stereocenters. The van der Waals surface area contributed by atoms with E-state index in [9.17, 15) is 41.3 Å². The van der Waals surface area contributed by atoms with E-state index < -0.39 is 33.6 Å². The lowest BCUT2D eigenvalue weighted by Crippen LogP contribution is -2.05. The monoisotopic (exact) mass is 516 g/mol. The predicted octanol–water partition coefficient (Wildman–Crippen LogP) is 7.51. The van der Waals surface area contributed by atoms with Crippen LogP contribution in [0.25, 0.3) is 22.6 Å². The molecule has 0 fully saturated rings. The summed E-state index contributed by atoms with van der Waals surface area (Å²) in [5, 5.41) is 9.80. The third kappa shape index (κ3) is 6.35. The first-order chi connectivity index (χ1) is 16.3. The molecule has 0 N–H and O–H groups in total. The van der Waals surface area contributed by atoms with Crippen LogP contribution in [0.3, 0.4) is 0 Å². The molecule has 0 amide bonds. The van der Waals surface area contributed by atoms with Crippen LogP contribution in [0.4, 0.5) is 32.0 Å². The third-order valence-corrected chi connectivity index (χ3v) is 4.65. The van der Waals surface area contributed by atoms with E-state index in [1.54, 1.807) is 0 Å². The summed E-state index contributed by atoms with van der Waals surface area (Å²) in [6.45, 7) is 0. The van der Waals surface area contributed by atoms with E-state index in [0.717, 1.165) is 30.3 Å². The lowest BCUT2D eigenvalue weighted by Gasteiger charge is -2.06. The second kappa shape index (κ2) is 9.74. The van der Waals surface area contributed by atoms with Gasteiger partial charge in [-0.15, -0.1) is 0 Å². The highest BCUT2D eigenvalue weighted by molar-refractivity contribution is 6.67. The Morgan fingerprint density at radius 2 is 1.49 bits per heavy atom. The number of fused-ring (bicyclic) bond motifs is 1. The number of benzene rings is 3. The van der Waals surface area contributed by atoms with Gasteiger partial charge in [0.1, 0.15) is 5.52 Å². The van der Waals surface area contributed by atoms with E-state index >= 15 is 0 Å². The van der Waals surface area contributed by atoms with Crippen LogP contribution < -0.4 is 0 Å². The highest BCUT2D eigenvalue weighted by Crippen LogP contribution is 2.33. The zero-order chi connectivity index (χ0) is 26.0. The fourth-order valence-electron chi connectivity index (χ4n) is 2.80. The van der Waals surface area contributed by atoms with E-state index in [1.807, 2.05) is 0 Å². The van der Waals surface area contributed by atoms with E-state index in [1.165, 1.54) is 36.4 Å². The van der Waals surface area contributed by atoms with Crippen LogP contribution in [0.1, 0.15) is 21.5 Å². The van der Waals surface area contributed by atoms with E-state index in [2.05, 4.69) is 4.98 Å². The lowest BCUT2D eigenvalue weighted by molar-refractivity contribution is -0.384. The minimum Gasteiger partial charge on any atom is -0.436 e. The van der Waals surface area contributed by atoms with Crippen molar-refractivity contribution in [3.63, 3.8) is 0 Å². The molecule has 0 spiro atoms. The van der Waals surface area contributed by atoms with Crippen LogP contribution in [0.15, 0.2) is 71.1 Å². The zero-order valence-electron chi connectivity index (χ0n) is 17.0. The maximum Gasteiger partial charge on any atom is 0.416 e. The summed E-state index contributed by atoms with van der Waals surface area (Å²) in [4.78, 5) is 24.6. The van der Waals surface area contributed by atoms with Gasteiger partial charge in [-0.1, -0.05) is 18.2 Å². The number of halogens is 7. The van der Waals surface area contributed by atoms with Crippen molar-refractivity contribution in [3.8, 4) is 11.5 Å². The molecule has 182 valence electrons. The Hall–Kier alpha value is -3.93. The van der Waals surface area contributed by atoms with Gasteiger partial charge in [0.15, 0.2) is 5.58 Å². The number of oxazole rings is 1. The van der Waals surface area contributed by atoms with Crippen LogP contribution in [-0.4, -0.2) is 15.1 Å². The first kappa shape index (κ1) is 25.7. The molecule has 3 aromatic carbocycles. The van der Waals surface area contributed by atoms with Crippen molar-refractivity contribution >= 4 is 33.6 Å². The molecule has 6 nitrogen and oxygen atoms in total. The summed E-state index contributed by atoms with van der Waals surface area (Å²) in [5.74, 6) is -0.0263. The van der Waals surface area contributed by atoms with E-state index in [4.69, 9.17) is 16.0 Å². The Kier molecular flexibility index (Phi) is 7.15. The van der Waals surface area contributed by atoms with Crippen molar-refractivity contribution in [2.75, 3.05) is 0 Å². The maximum atomic E-state index is 12.7. The third-order valence-electron chi connectivity index (χ3n) is 4.44. The molecule has 13 heteroatoms. The van der Waals surface area contributed by atoms with Gasteiger partial charge >= 0.3 is 12.4 Å². The van der Waals surface area contributed by atoms with Crippen LogP contribution >= 0.6 is 11.6 Å². The Labute approximate surface area is 196 Å². The number of carbonyl (C=O) groups excluding carboxylic acids is 1. The Bertz CT molecular complexity index is 1400. The van der Waals surface area contributed by atoms with Gasteiger partial charge in [-0.05, 0) is 48.0 Å². The average Bonchev–Trinajstić information content (AvgIpc) is 3.22. The molecule has 35 heavy (non-hydrogen) atoms. The number of aromatic nitrogens is 1. The molecule has 0 radical (unpaired) electrons. The summed E-state index contributed by atoms with van der Waals surface area (Å²) in [5.41, 5.74) is -1.40. The van der Waals surface area contributed by atoms with E-state index in [0.29, 0.717) is 0 Å². The molecule has 4 rings (SSSR count). The summed E-state index contributed by atoms with van der Waals surface area (Å²) < 4.78 is 79.7. The number of alkyl halides is 6.